The zero-order valence-corrected chi connectivity index (χ0v) is 26.8. The zero-order valence-electron chi connectivity index (χ0n) is 26.0. The molecule has 0 fully saturated rings. The molecule has 0 atom stereocenters. The van der Waals surface area contributed by atoms with Gasteiger partial charge in [0.1, 0.15) is 0 Å². The van der Waals surface area contributed by atoms with Gasteiger partial charge < -0.3 is 9.38 Å². The Labute approximate surface area is 277 Å². The Morgan fingerprint density at radius 3 is 2.26 bits per heavy atom. The van der Waals surface area contributed by atoms with Crippen molar-refractivity contribution in [1.82, 2.24) is 4.48 Å². The largest absolute Gasteiger partial charge is 0.375 e. The number of fused-ring (bicyclic) bond motifs is 14. The highest BCUT2D eigenvalue weighted by atomic mass is 32.2. The minimum Gasteiger partial charge on any atom is -0.375 e. The van der Waals surface area contributed by atoms with Crippen LogP contribution >= 0.6 is 11.8 Å². The topological polar surface area (TPSA) is 8.17 Å². The van der Waals surface area contributed by atoms with Gasteiger partial charge in [-0.3, -0.25) is 0 Å². The highest BCUT2D eigenvalue weighted by Gasteiger charge is 2.49. The number of hydrogen-bond acceptors (Lipinski definition) is 2. The minimum atomic E-state index is -0.118. The summed E-state index contributed by atoms with van der Waals surface area (Å²) in [4.78, 5) is 5.28. The molecule has 0 spiro atoms. The van der Waals surface area contributed by atoms with E-state index in [4.69, 9.17) is 0 Å². The molecule has 0 N–H and O–H groups in total. The summed E-state index contributed by atoms with van der Waals surface area (Å²) < 4.78 is 2.70. The second kappa shape index (κ2) is 8.20. The van der Waals surface area contributed by atoms with Gasteiger partial charge in [-0.05, 0) is 80.4 Å². The summed E-state index contributed by atoms with van der Waals surface area (Å²) in [6.45, 7) is 4.89. The standard InChI is InChI=1S/C43H27BN2S/c1-43(2)31-16-6-5-13-28(31)38-32(43)23-30-27-15-9-14-26-29-21-24-11-3-4-12-25(24)22-35(29)46(40(26)27)44-33-17-10-20-37-41(33)45(42(38)39(30)44)34-18-7-8-19-36(34)47-37/h3-23H,1-2H3. The van der Waals surface area contributed by atoms with E-state index in [1.807, 2.05) is 11.8 Å². The smallest absolute Gasteiger partial charge is 0.333 e. The van der Waals surface area contributed by atoms with Gasteiger partial charge in [-0.1, -0.05) is 117 Å². The van der Waals surface area contributed by atoms with Gasteiger partial charge in [0, 0.05) is 48.1 Å². The first kappa shape index (κ1) is 25.0. The average Bonchev–Trinajstić information content (AvgIpc) is 3.54. The molecule has 0 amide bonds. The Morgan fingerprint density at radius 2 is 1.34 bits per heavy atom. The van der Waals surface area contributed by atoms with E-state index < -0.39 is 0 Å². The number of para-hydroxylation sites is 3. The number of anilines is 3. The fourth-order valence-corrected chi connectivity index (χ4v) is 10.6. The Balaban J connectivity index is 1.33. The number of hydrogen-bond donors (Lipinski definition) is 0. The van der Waals surface area contributed by atoms with Crippen LogP contribution in [0, 0.1) is 0 Å². The third-order valence-corrected chi connectivity index (χ3v) is 12.6. The van der Waals surface area contributed by atoms with Gasteiger partial charge >= 0.3 is 6.85 Å². The van der Waals surface area contributed by atoms with E-state index in [-0.39, 0.29) is 12.3 Å². The molecule has 12 rings (SSSR count). The van der Waals surface area contributed by atoms with Gasteiger partial charge in [0.2, 0.25) is 0 Å². The van der Waals surface area contributed by atoms with Gasteiger partial charge in [-0.2, -0.15) is 0 Å². The fourth-order valence-electron chi connectivity index (χ4n) is 9.55. The van der Waals surface area contributed by atoms with Crippen LogP contribution in [0.1, 0.15) is 25.0 Å². The molecule has 0 saturated heterocycles. The Hall–Kier alpha value is -5.19. The van der Waals surface area contributed by atoms with Crippen LogP contribution in [0.2, 0.25) is 0 Å². The maximum Gasteiger partial charge on any atom is 0.333 e. The van der Waals surface area contributed by atoms with Gasteiger partial charge in [0.25, 0.3) is 0 Å². The van der Waals surface area contributed by atoms with Crippen molar-refractivity contribution in [2.75, 3.05) is 4.90 Å². The van der Waals surface area contributed by atoms with Crippen LogP contribution in [0.25, 0.3) is 54.8 Å². The summed E-state index contributed by atoms with van der Waals surface area (Å²) >= 11 is 1.91. The second-order valence-corrected chi connectivity index (χ2v) is 15.2. The van der Waals surface area contributed by atoms with E-state index in [1.54, 1.807) is 0 Å². The second-order valence-electron chi connectivity index (χ2n) is 14.1. The normalized spacial score (nSPS) is 15.4. The number of aromatic nitrogens is 1. The molecule has 7 aromatic carbocycles. The lowest BCUT2D eigenvalue weighted by atomic mass is 9.44. The summed E-state index contributed by atoms with van der Waals surface area (Å²) in [6.07, 6.45) is 0. The maximum atomic E-state index is 2.70. The van der Waals surface area contributed by atoms with Crippen molar-refractivity contribution in [2.24, 2.45) is 0 Å². The maximum absolute atomic E-state index is 2.70. The molecule has 3 aliphatic heterocycles. The van der Waals surface area contributed by atoms with Crippen LogP contribution < -0.4 is 15.8 Å². The van der Waals surface area contributed by atoms with E-state index in [9.17, 15) is 0 Å². The lowest BCUT2D eigenvalue weighted by molar-refractivity contribution is 0.660. The molecule has 0 unspecified atom stereocenters. The fraction of sp³-hybridized carbons (Fsp3) is 0.0698. The zero-order chi connectivity index (χ0) is 30.8. The lowest BCUT2D eigenvalue weighted by Gasteiger charge is -2.45. The lowest BCUT2D eigenvalue weighted by Crippen LogP contribution is -2.57. The van der Waals surface area contributed by atoms with Crippen molar-refractivity contribution in [2.45, 2.75) is 29.1 Å². The van der Waals surface area contributed by atoms with Crippen molar-refractivity contribution < 1.29 is 0 Å². The van der Waals surface area contributed by atoms with Crippen LogP contribution in [0.4, 0.5) is 17.1 Å². The predicted octanol–water partition coefficient (Wildman–Crippen LogP) is 10.1. The molecule has 4 heterocycles. The van der Waals surface area contributed by atoms with Gasteiger partial charge in [0.15, 0.2) is 0 Å². The van der Waals surface area contributed by atoms with Crippen LogP contribution in [0.15, 0.2) is 137 Å². The quantitative estimate of drug-likeness (QED) is 0.157. The summed E-state index contributed by atoms with van der Waals surface area (Å²) in [5, 5.41) is 5.25. The Bertz CT molecular complexity index is 2770. The van der Waals surface area contributed by atoms with E-state index >= 15 is 0 Å². The molecule has 0 bridgehead atoms. The molecular weight excluding hydrogens is 587 g/mol. The molecule has 1 aliphatic carbocycles. The molecule has 1 aromatic heterocycles. The van der Waals surface area contributed by atoms with Crippen LogP contribution in [-0.2, 0) is 5.41 Å². The van der Waals surface area contributed by atoms with E-state index in [1.165, 1.54) is 104 Å². The summed E-state index contributed by atoms with van der Waals surface area (Å²) in [5.74, 6) is 0. The van der Waals surface area contributed by atoms with Gasteiger partial charge in [-0.15, -0.1) is 0 Å². The van der Waals surface area contributed by atoms with Crippen LogP contribution in [0.3, 0.4) is 0 Å². The number of benzene rings is 7. The molecule has 2 nitrogen and oxygen atoms in total. The summed E-state index contributed by atoms with van der Waals surface area (Å²) in [5.41, 5.74) is 17.6. The molecule has 4 aliphatic rings. The van der Waals surface area contributed by atoms with Crippen LogP contribution in [0.5, 0.6) is 0 Å². The number of nitrogens with zero attached hydrogens (tertiary/aromatic N) is 2. The van der Waals surface area contributed by atoms with Crippen LogP contribution in [-0.4, -0.2) is 11.3 Å². The van der Waals surface area contributed by atoms with E-state index in [0.29, 0.717) is 0 Å². The monoisotopic (exact) mass is 614 g/mol. The van der Waals surface area contributed by atoms with Gasteiger partial charge in [-0.25, -0.2) is 0 Å². The molecule has 0 radical (unpaired) electrons. The summed E-state index contributed by atoms with van der Waals surface area (Å²) in [7, 11) is 0. The Morgan fingerprint density at radius 1 is 0.596 bits per heavy atom. The highest BCUT2D eigenvalue weighted by molar-refractivity contribution is 7.99. The molecule has 218 valence electrons. The molecule has 0 saturated carbocycles. The number of rotatable bonds is 0. The summed E-state index contributed by atoms with van der Waals surface area (Å²) in [6, 6.07) is 48.4. The van der Waals surface area contributed by atoms with Crippen molar-refractivity contribution in [1.29, 1.82) is 0 Å². The molecule has 4 heteroatoms. The van der Waals surface area contributed by atoms with Crippen molar-refractivity contribution in [3.63, 3.8) is 0 Å². The predicted molar refractivity (Wildman–Crippen MR) is 199 cm³/mol. The molecule has 8 aromatic rings. The van der Waals surface area contributed by atoms with E-state index in [0.717, 1.165) is 0 Å². The third kappa shape index (κ3) is 2.81. The van der Waals surface area contributed by atoms with E-state index in [2.05, 4.69) is 151 Å². The SMILES string of the molecule is CC1(C)c2ccccc2-c2c1cc1c3c2N2c4ccccc4Sc4cccc(c42)B3n2c3cc4ccccc4cc3c3cccc-1c32. The average molecular weight is 615 g/mol. The van der Waals surface area contributed by atoms with Gasteiger partial charge in [0.05, 0.1) is 17.1 Å². The first-order chi connectivity index (χ1) is 23.1. The van der Waals surface area contributed by atoms with Crippen molar-refractivity contribution >= 4 is 79.2 Å². The molecular formula is C43H27BN2S. The third-order valence-electron chi connectivity index (χ3n) is 11.5. The van der Waals surface area contributed by atoms with Crippen molar-refractivity contribution in [3.8, 4) is 22.3 Å². The molecule has 47 heavy (non-hydrogen) atoms. The first-order valence-electron chi connectivity index (χ1n) is 16.6. The first-order valence-corrected chi connectivity index (χ1v) is 17.4. The van der Waals surface area contributed by atoms with Crippen molar-refractivity contribution in [3.05, 3.63) is 139 Å². The highest BCUT2D eigenvalue weighted by Crippen LogP contribution is 2.60. The Kier molecular flexibility index (Phi) is 4.36. The minimum absolute atomic E-state index is 0.0503.